The van der Waals surface area contributed by atoms with Gasteiger partial charge in [-0.2, -0.15) is 0 Å². The Hall–Kier alpha value is -1.68. The molecule has 0 bridgehead atoms. The van der Waals surface area contributed by atoms with Crippen LogP contribution in [-0.4, -0.2) is 53.7 Å². The summed E-state index contributed by atoms with van der Waals surface area (Å²) in [6, 6.07) is 0. The van der Waals surface area contributed by atoms with Crippen LogP contribution < -0.4 is 0 Å². The van der Waals surface area contributed by atoms with Crippen LogP contribution in [-0.2, 0) is 28.7 Å². The summed E-state index contributed by atoms with van der Waals surface area (Å²) < 4.78 is 9.49. The highest BCUT2D eigenvalue weighted by Gasteiger charge is 2.33. The normalized spacial score (nSPS) is 13.9. The van der Waals surface area contributed by atoms with E-state index in [0.717, 1.165) is 6.08 Å². The maximum Gasteiger partial charge on any atom is 0.533 e. The van der Waals surface area contributed by atoms with Crippen LogP contribution in [0.3, 0.4) is 0 Å². The Labute approximate surface area is 134 Å². The van der Waals surface area contributed by atoms with Gasteiger partial charge in [-0.1, -0.05) is 33.2 Å². The predicted molar refractivity (Wildman–Crippen MR) is 79.6 cm³/mol. The monoisotopic (exact) mass is 349 g/mol. The lowest BCUT2D eigenvalue weighted by Gasteiger charge is -2.12. The quantitative estimate of drug-likeness (QED) is 0.200. The van der Waals surface area contributed by atoms with E-state index >= 15 is 0 Å². The van der Waals surface area contributed by atoms with Gasteiger partial charge in [0, 0.05) is 30.4 Å². The largest absolute Gasteiger partial charge is 0.533 e. The Kier molecular flexibility index (Phi) is 8.44. The van der Waals surface area contributed by atoms with Gasteiger partial charge < -0.3 is 9.47 Å². The minimum absolute atomic E-state index is 0.0367. The summed E-state index contributed by atoms with van der Waals surface area (Å²) in [5, 5.41) is 0.429. The Morgan fingerprint density at radius 3 is 2.18 bits per heavy atom. The third-order valence-electron chi connectivity index (χ3n) is 2.22. The summed E-state index contributed by atoms with van der Waals surface area (Å²) in [6.07, 6.45) is 0.0751. The molecular formula is C12H15NO7S2. The number of nitrogens with zero attached hydrogens (tertiary/aromatic N) is 1. The molecule has 0 spiro atoms. The van der Waals surface area contributed by atoms with E-state index in [1.165, 1.54) is 21.6 Å². The molecule has 0 aromatic heterocycles. The molecule has 8 nitrogen and oxygen atoms in total. The lowest BCUT2D eigenvalue weighted by atomic mass is 10.4. The van der Waals surface area contributed by atoms with E-state index in [1.807, 2.05) is 0 Å². The molecule has 1 fully saturated rings. The molecule has 0 aromatic carbocycles. The standard InChI is InChI=1S/C12H15NO7S2/c1-2-11(16)18-5-7-21-22-8-6-19-12(17)20-13-9(14)3-4-10(13)15/h2H,1,3-8H2. The number of imide groups is 1. The zero-order valence-corrected chi connectivity index (χ0v) is 13.3. The molecule has 0 N–H and O–H groups in total. The molecule has 0 aliphatic carbocycles. The van der Waals surface area contributed by atoms with E-state index in [4.69, 9.17) is 9.47 Å². The second-order valence-corrected chi connectivity index (χ2v) is 6.49. The third kappa shape index (κ3) is 6.85. The van der Waals surface area contributed by atoms with E-state index in [0.29, 0.717) is 16.6 Å². The minimum Gasteiger partial charge on any atom is -0.462 e. The molecule has 0 unspecified atom stereocenters. The molecule has 0 radical (unpaired) electrons. The number of carbonyl (C=O) groups excluding carboxylic acids is 4. The molecule has 0 saturated carbocycles. The Morgan fingerprint density at radius 1 is 1.09 bits per heavy atom. The molecule has 1 aliphatic heterocycles. The number of hydroxylamine groups is 2. The Bertz CT molecular complexity index is 439. The van der Waals surface area contributed by atoms with Gasteiger partial charge in [-0.05, 0) is 0 Å². The average Bonchev–Trinajstić information content (AvgIpc) is 2.81. The number of hydrogen-bond acceptors (Lipinski definition) is 9. The number of carbonyl (C=O) groups is 4. The van der Waals surface area contributed by atoms with Gasteiger partial charge >= 0.3 is 12.1 Å². The highest BCUT2D eigenvalue weighted by atomic mass is 33.1. The summed E-state index contributed by atoms with van der Waals surface area (Å²) in [6.45, 7) is 3.61. The van der Waals surface area contributed by atoms with Gasteiger partial charge in [-0.3, -0.25) is 14.4 Å². The molecule has 2 amide bonds. The van der Waals surface area contributed by atoms with Crippen LogP contribution in [0, 0.1) is 0 Å². The summed E-state index contributed by atoms with van der Waals surface area (Å²) in [4.78, 5) is 48.9. The van der Waals surface area contributed by atoms with Gasteiger partial charge in [0.15, 0.2) is 0 Å². The van der Waals surface area contributed by atoms with Crippen molar-refractivity contribution in [2.75, 3.05) is 24.7 Å². The van der Waals surface area contributed by atoms with E-state index < -0.39 is 23.9 Å². The van der Waals surface area contributed by atoms with Gasteiger partial charge in [-0.25, -0.2) is 9.59 Å². The summed E-state index contributed by atoms with van der Waals surface area (Å²) >= 11 is 0. The van der Waals surface area contributed by atoms with Crippen molar-refractivity contribution in [1.82, 2.24) is 5.06 Å². The fourth-order valence-corrected chi connectivity index (χ4v) is 2.92. The summed E-state index contributed by atoms with van der Waals surface area (Å²) in [7, 11) is 2.86. The number of esters is 1. The van der Waals surface area contributed by atoms with Crippen LogP contribution in [0.5, 0.6) is 0 Å². The fourth-order valence-electron chi connectivity index (χ4n) is 1.27. The van der Waals surface area contributed by atoms with Crippen LogP contribution in [0.1, 0.15) is 12.8 Å². The number of hydrogen-bond donors (Lipinski definition) is 0. The molecule has 1 rings (SSSR count). The van der Waals surface area contributed by atoms with Gasteiger partial charge in [0.25, 0.3) is 11.8 Å². The molecule has 0 aromatic rings. The second kappa shape index (κ2) is 10.1. The molecular weight excluding hydrogens is 334 g/mol. The molecule has 0 atom stereocenters. The van der Waals surface area contributed by atoms with Crippen LogP contribution in [0.15, 0.2) is 12.7 Å². The predicted octanol–water partition coefficient (Wildman–Crippen LogP) is 1.31. The van der Waals surface area contributed by atoms with E-state index in [1.54, 1.807) is 0 Å². The topological polar surface area (TPSA) is 99.2 Å². The maximum absolute atomic E-state index is 11.3. The van der Waals surface area contributed by atoms with Crippen molar-refractivity contribution in [3.63, 3.8) is 0 Å². The summed E-state index contributed by atoms with van der Waals surface area (Å²) in [5.74, 6) is -0.507. The van der Waals surface area contributed by atoms with Crippen molar-refractivity contribution in [1.29, 1.82) is 0 Å². The highest BCUT2D eigenvalue weighted by Crippen LogP contribution is 2.20. The smallest absolute Gasteiger partial charge is 0.462 e. The molecule has 22 heavy (non-hydrogen) atoms. The molecule has 10 heteroatoms. The van der Waals surface area contributed by atoms with Crippen LogP contribution in [0.2, 0.25) is 0 Å². The minimum atomic E-state index is -1.09. The molecule has 1 aliphatic rings. The zero-order chi connectivity index (χ0) is 16.4. The lowest BCUT2D eigenvalue weighted by molar-refractivity contribution is -0.176. The third-order valence-corrected chi connectivity index (χ3v) is 4.55. The molecule has 1 saturated heterocycles. The Balaban J connectivity index is 1.99. The van der Waals surface area contributed by atoms with Crippen LogP contribution in [0.4, 0.5) is 4.79 Å². The molecule has 122 valence electrons. The maximum atomic E-state index is 11.3. The fraction of sp³-hybridized carbons (Fsp3) is 0.500. The second-order valence-electron chi connectivity index (χ2n) is 3.79. The number of ether oxygens (including phenoxy) is 2. The first kappa shape index (κ1) is 18.4. The first-order chi connectivity index (χ1) is 10.5. The van der Waals surface area contributed by atoms with Gasteiger partial charge in [-0.15, -0.1) is 0 Å². The lowest BCUT2D eigenvalue weighted by Crippen LogP contribution is -2.32. The number of rotatable bonds is 9. The average molecular weight is 349 g/mol. The van der Waals surface area contributed by atoms with E-state index in [-0.39, 0.29) is 26.1 Å². The first-order valence-corrected chi connectivity index (χ1v) is 8.77. The SMILES string of the molecule is C=CC(=O)OCCSSCCOC(=O)ON1C(=O)CCC1=O. The van der Waals surface area contributed by atoms with E-state index in [9.17, 15) is 19.2 Å². The van der Waals surface area contributed by atoms with Crippen molar-refractivity contribution >= 4 is 45.5 Å². The van der Waals surface area contributed by atoms with Gasteiger partial charge in [0.1, 0.15) is 13.2 Å². The Morgan fingerprint density at radius 2 is 1.64 bits per heavy atom. The molecule has 1 heterocycles. The summed E-state index contributed by atoms with van der Waals surface area (Å²) in [5.41, 5.74) is 0. The van der Waals surface area contributed by atoms with Crippen molar-refractivity contribution < 1.29 is 33.5 Å². The van der Waals surface area contributed by atoms with Crippen molar-refractivity contribution in [2.45, 2.75) is 12.8 Å². The first-order valence-electron chi connectivity index (χ1n) is 6.28. The van der Waals surface area contributed by atoms with E-state index in [2.05, 4.69) is 11.4 Å². The number of amides is 2. The zero-order valence-electron chi connectivity index (χ0n) is 11.6. The van der Waals surface area contributed by atoms with Crippen molar-refractivity contribution in [3.8, 4) is 0 Å². The van der Waals surface area contributed by atoms with Crippen molar-refractivity contribution in [3.05, 3.63) is 12.7 Å². The van der Waals surface area contributed by atoms with Crippen molar-refractivity contribution in [2.24, 2.45) is 0 Å². The van der Waals surface area contributed by atoms with Gasteiger partial charge in [0.05, 0.1) is 0 Å². The highest BCUT2D eigenvalue weighted by molar-refractivity contribution is 8.76. The van der Waals surface area contributed by atoms with Crippen LogP contribution in [0.25, 0.3) is 0 Å². The van der Waals surface area contributed by atoms with Crippen LogP contribution >= 0.6 is 21.6 Å². The van der Waals surface area contributed by atoms with Gasteiger partial charge in [0.2, 0.25) is 0 Å².